The summed E-state index contributed by atoms with van der Waals surface area (Å²) in [4.78, 5) is 9.26. The lowest BCUT2D eigenvalue weighted by molar-refractivity contribution is 0.543. The summed E-state index contributed by atoms with van der Waals surface area (Å²) in [5, 5.41) is 0. The Morgan fingerprint density at radius 2 is 1.88 bits per heavy atom. The zero-order valence-corrected chi connectivity index (χ0v) is 16.5. The molecule has 4 nitrogen and oxygen atoms in total. The summed E-state index contributed by atoms with van der Waals surface area (Å²) in [6, 6.07) is 14.4. The molecule has 0 N–H and O–H groups in total. The average Bonchev–Trinajstić information content (AvgIpc) is 2.94. The predicted octanol–water partition coefficient (Wildman–Crippen LogP) is 4.97. The molecular weight excluding hydrogens is 326 g/mol. The lowest BCUT2D eigenvalue weighted by Crippen LogP contribution is -2.29. The van der Waals surface area contributed by atoms with E-state index in [2.05, 4.69) is 49.7 Å². The van der Waals surface area contributed by atoms with Gasteiger partial charge in [0.05, 0.1) is 23.4 Å². The zero-order chi connectivity index (χ0) is 18.0. The highest BCUT2D eigenvalue weighted by molar-refractivity contribution is 6.70. The summed E-state index contributed by atoms with van der Waals surface area (Å²) >= 11 is 0. The Labute approximate surface area is 150 Å². The van der Waals surface area contributed by atoms with Gasteiger partial charge in [0.2, 0.25) is 8.32 Å². The fourth-order valence-electron chi connectivity index (χ4n) is 2.81. The maximum atomic E-state index is 6.23. The Morgan fingerprint density at radius 3 is 2.64 bits per heavy atom. The van der Waals surface area contributed by atoms with Crippen LogP contribution >= 0.6 is 0 Å². The van der Waals surface area contributed by atoms with Gasteiger partial charge in [-0.05, 0) is 38.7 Å². The third-order valence-electron chi connectivity index (χ3n) is 4.01. The van der Waals surface area contributed by atoms with Crippen molar-refractivity contribution in [3.05, 3.63) is 59.9 Å². The number of aryl methyl sites for hydroxylation is 1. The molecule has 0 aliphatic carbocycles. The first kappa shape index (κ1) is 17.4. The van der Waals surface area contributed by atoms with Crippen LogP contribution in [0.2, 0.25) is 19.6 Å². The van der Waals surface area contributed by atoms with Crippen molar-refractivity contribution in [1.29, 1.82) is 0 Å². The van der Waals surface area contributed by atoms with Gasteiger partial charge in [-0.1, -0.05) is 30.3 Å². The smallest absolute Gasteiger partial charge is 0.242 e. The number of benzene rings is 2. The average molecular weight is 352 g/mol. The minimum atomic E-state index is -1.66. The van der Waals surface area contributed by atoms with Gasteiger partial charge in [0.15, 0.2) is 0 Å². The molecular formula is C20H25N3OSi. The van der Waals surface area contributed by atoms with Crippen molar-refractivity contribution < 1.29 is 4.43 Å². The van der Waals surface area contributed by atoms with Crippen LogP contribution in [0.25, 0.3) is 11.0 Å². The van der Waals surface area contributed by atoms with Crippen molar-refractivity contribution in [2.45, 2.75) is 32.6 Å². The van der Waals surface area contributed by atoms with Crippen LogP contribution in [0.1, 0.15) is 24.1 Å². The summed E-state index contributed by atoms with van der Waals surface area (Å²) < 4.78 is 8.25. The highest BCUT2D eigenvalue weighted by Gasteiger charge is 2.19. The molecule has 3 rings (SSSR count). The van der Waals surface area contributed by atoms with Crippen LogP contribution in [-0.4, -0.2) is 24.1 Å². The second-order valence-corrected chi connectivity index (χ2v) is 11.7. The number of aliphatic imine (C=N–C) groups is 1. The van der Waals surface area contributed by atoms with Crippen molar-refractivity contribution in [2.75, 3.05) is 0 Å². The summed E-state index contributed by atoms with van der Waals surface area (Å²) in [5.41, 5.74) is 4.24. The Kier molecular flexibility index (Phi) is 4.77. The first-order valence-corrected chi connectivity index (χ1v) is 12.0. The Hall–Kier alpha value is -2.40. The number of rotatable bonds is 5. The molecule has 1 heterocycles. The molecule has 1 aromatic heterocycles. The highest BCUT2D eigenvalue weighted by atomic mass is 28.4. The first-order valence-electron chi connectivity index (χ1n) is 8.56. The highest BCUT2D eigenvalue weighted by Crippen LogP contribution is 2.29. The van der Waals surface area contributed by atoms with Crippen molar-refractivity contribution in [3.8, 4) is 5.75 Å². The van der Waals surface area contributed by atoms with E-state index in [1.165, 1.54) is 0 Å². The van der Waals surface area contributed by atoms with Gasteiger partial charge in [0, 0.05) is 24.4 Å². The molecule has 5 heteroatoms. The topological polar surface area (TPSA) is 39.4 Å². The Balaban J connectivity index is 1.89. The molecule has 0 bridgehead atoms. The van der Waals surface area contributed by atoms with E-state index in [1.54, 1.807) is 0 Å². The van der Waals surface area contributed by atoms with Gasteiger partial charge in [0.25, 0.3) is 0 Å². The van der Waals surface area contributed by atoms with Crippen LogP contribution in [0.3, 0.4) is 0 Å². The fraction of sp³-hybridized carbons (Fsp3) is 0.300. The minimum absolute atomic E-state index is 0.0199. The van der Waals surface area contributed by atoms with Gasteiger partial charge in [0.1, 0.15) is 5.75 Å². The maximum Gasteiger partial charge on any atom is 0.242 e. The normalized spacial score (nSPS) is 13.5. The van der Waals surface area contributed by atoms with Crippen molar-refractivity contribution >= 4 is 25.6 Å². The molecule has 0 saturated carbocycles. The largest absolute Gasteiger partial charge is 0.544 e. The van der Waals surface area contributed by atoms with E-state index in [9.17, 15) is 0 Å². The van der Waals surface area contributed by atoms with Gasteiger partial charge >= 0.3 is 0 Å². The van der Waals surface area contributed by atoms with Gasteiger partial charge in [-0.2, -0.15) is 0 Å². The van der Waals surface area contributed by atoms with Gasteiger partial charge in [-0.3, -0.25) is 4.99 Å². The molecule has 3 aromatic rings. The number of hydrogen-bond acceptors (Lipinski definition) is 3. The summed E-state index contributed by atoms with van der Waals surface area (Å²) in [5.74, 6) is 0.947. The molecule has 2 aromatic carbocycles. The monoisotopic (exact) mass is 351 g/mol. The van der Waals surface area contributed by atoms with Gasteiger partial charge in [-0.25, -0.2) is 4.98 Å². The maximum absolute atomic E-state index is 6.23. The molecule has 0 fully saturated rings. The standard InChI is InChI=1S/C20H25N3OSi/c1-15(17-10-6-7-12-19(17)24-25(3,4)5)21-13-16-9-8-11-18-20(16)22-14-23(18)2/h6-15H,1-5H3. The molecule has 130 valence electrons. The lowest BCUT2D eigenvalue weighted by Gasteiger charge is -2.22. The molecule has 25 heavy (non-hydrogen) atoms. The Bertz CT molecular complexity index is 909. The first-order chi connectivity index (χ1) is 11.8. The van der Waals surface area contributed by atoms with Crippen molar-refractivity contribution in [2.24, 2.45) is 12.0 Å². The van der Waals surface area contributed by atoms with Gasteiger partial charge < -0.3 is 8.99 Å². The fourth-order valence-corrected chi connectivity index (χ4v) is 3.65. The quantitative estimate of drug-likeness (QED) is 0.481. The number of imidazole rings is 1. The van der Waals surface area contributed by atoms with Crippen LogP contribution < -0.4 is 4.43 Å². The number of nitrogens with zero attached hydrogens (tertiary/aromatic N) is 3. The van der Waals surface area contributed by atoms with Crippen molar-refractivity contribution in [1.82, 2.24) is 9.55 Å². The van der Waals surface area contributed by atoms with E-state index >= 15 is 0 Å². The lowest BCUT2D eigenvalue weighted by atomic mass is 10.1. The molecule has 0 aliphatic heterocycles. The summed E-state index contributed by atoms with van der Waals surface area (Å²) in [7, 11) is 0.343. The number of hydrogen-bond donors (Lipinski definition) is 0. The van der Waals surface area contributed by atoms with E-state index < -0.39 is 8.32 Å². The SMILES string of the molecule is CC(N=Cc1cccc2c1ncn2C)c1ccccc1O[Si](C)(C)C. The molecule has 1 unspecified atom stereocenters. The number of fused-ring (bicyclic) bond motifs is 1. The second kappa shape index (κ2) is 6.84. The third-order valence-corrected chi connectivity index (χ3v) is 4.84. The number of para-hydroxylation sites is 2. The van der Waals surface area contributed by atoms with Crippen molar-refractivity contribution in [3.63, 3.8) is 0 Å². The molecule has 0 radical (unpaired) electrons. The van der Waals surface area contributed by atoms with Crippen LogP contribution in [0.15, 0.2) is 53.8 Å². The Morgan fingerprint density at radius 1 is 1.12 bits per heavy atom. The second-order valence-electron chi connectivity index (χ2n) is 7.28. The predicted molar refractivity (Wildman–Crippen MR) is 107 cm³/mol. The van der Waals surface area contributed by atoms with E-state index in [1.807, 2.05) is 48.4 Å². The molecule has 1 atom stereocenters. The van der Waals surface area contributed by atoms with E-state index in [-0.39, 0.29) is 6.04 Å². The van der Waals surface area contributed by atoms with Gasteiger partial charge in [-0.15, -0.1) is 0 Å². The molecule has 0 amide bonds. The van der Waals surface area contributed by atoms with Crippen LogP contribution in [0, 0.1) is 0 Å². The minimum Gasteiger partial charge on any atom is -0.544 e. The molecule has 0 spiro atoms. The van der Waals surface area contributed by atoms with Crippen LogP contribution in [-0.2, 0) is 7.05 Å². The zero-order valence-electron chi connectivity index (χ0n) is 15.5. The summed E-state index contributed by atoms with van der Waals surface area (Å²) in [6.45, 7) is 8.68. The third kappa shape index (κ3) is 3.99. The van der Waals surface area contributed by atoms with E-state index in [0.717, 1.165) is 27.9 Å². The summed E-state index contributed by atoms with van der Waals surface area (Å²) in [6.07, 6.45) is 3.76. The van der Waals surface area contributed by atoms with Crippen LogP contribution in [0.4, 0.5) is 0 Å². The van der Waals surface area contributed by atoms with E-state index in [4.69, 9.17) is 9.42 Å². The molecule has 0 aliphatic rings. The van der Waals surface area contributed by atoms with E-state index in [0.29, 0.717) is 0 Å². The van der Waals surface area contributed by atoms with Crippen LogP contribution in [0.5, 0.6) is 5.75 Å². The molecule has 0 saturated heterocycles. The number of aromatic nitrogens is 2.